The lowest BCUT2D eigenvalue weighted by Gasteiger charge is -2.07. The Labute approximate surface area is 170 Å². The summed E-state index contributed by atoms with van der Waals surface area (Å²) >= 11 is 4.76. The minimum atomic E-state index is -0.0945. The number of carbonyl (C=O) groups is 1. The highest BCUT2D eigenvalue weighted by Crippen LogP contribution is 2.22. The van der Waals surface area contributed by atoms with Crippen molar-refractivity contribution >= 4 is 39.3 Å². The lowest BCUT2D eigenvalue weighted by atomic mass is 10.1. The van der Waals surface area contributed by atoms with E-state index in [-0.39, 0.29) is 11.7 Å². The topological polar surface area (TPSA) is 64.1 Å². The highest BCUT2D eigenvalue weighted by molar-refractivity contribution is 9.10. The van der Waals surface area contributed by atoms with Gasteiger partial charge in [-0.2, -0.15) is 0 Å². The molecule has 0 bridgehead atoms. The quantitative estimate of drug-likeness (QED) is 0.518. The molecular formula is C20H18BrN3O2S. The van der Waals surface area contributed by atoms with Crippen LogP contribution in [0.25, 0.3) is 11.3 Å². The molecule has 0 spiro atoms. The average molecular weight is 444 g/mol. The number of ether oxygens (including phenoxy) is 1. The Morgan fingerprint density at radius 1 is 1.04 bits per heavy atom. The Bertz CT molecular complexity index is 885. The third-order valence-corrected chi connectivity index (χ3v) is 5.03. The van der Waals surface area contributed by atoms with E-state index in [4.69, 9.17) is 4.74 Å². The van der Waals surface area contributed by atoms with Crippen molar-refractivity contribution in [2.24, 2.45) is 0 Å². The van der Waals surface area contributed by atoms with Gasteiger partial charge in [0.2, 0.25) is 5.91 Å². The second-order valence-electron chi connectivity index (χ2n) is 5.56. The van der Waals surface area contributed by atoms with Gasteiger partial charge in [0.1, 0.15) is 10.8 Å². The molecule has 27 heavy (non-hydrogen) atoms. The molecule has 0 radical (unpaired) electrons. The molecular weight excluding hydrogens is 426 g/mol. The Morgan fingerprint density at radius 3 is 2.41 bits per heavy atom. The molecule has 1 heterocycles. The largest absolute Gasteiger partial charge is 0.494 e. The van der Waals surface area contributed by atoms with Crippen LogP contribution in [0.1, 0.15) is 6.92 Å². The van der Waals surface area contributed by atoms with Crippen molar-refractivity contribution in [3.05, 3.63) is 65.1 Å². The van der Waals surface area contributed by atoms with Crippen LogP contribution in [0.3, 0.4) is 0 Å². The van der Waals surface area contributed by atoms with E-state index in [1.807, 2.05) is 67.6 Å². The fourth-order valence-corrected chi connectivity index (χ4v) is 3.19. The molecule has 2 aromatic carbocycles. The van der Waals surface area contributed by atoms with Gasteiger partial charge in [-0.1, -0.05) is 39.8 Å². The molecule has 0 saturated heterocycles. The number of hydrogen-bond acceptors (Lipinski definition) is 5. The van der Waals surface area contributed by atoms with Crippen LogP contribution in [0.15, 0.2) is 70.2 Å². The first-order valence-corrected chi connectivity index (χ1v) is 10.2. The lowest BCUT2D eigenvalue weighted by Crippen LogP contribution is -2.14. The van der Waals surface area contributed by atoms with Crippen molar-refractivity contribution in [1.82, 2.24) is 10.2 Å². The maximum Gasteiger partial charge on any atom is 0.234 e. The summed E-state index contributed by atoms with van der Waals surface area (Å²) in [5.41, 5.74) is 2.53. The van der Waals surface area contributed by atoms with Gasteiger partial charge in [0.15, 0.2) is 0 Å². The summed E-state index contributed by atoms with van der Waals surface area (Å²) in [6.45, 7) is 2.55. The smallest absolute Gasteiger partial charge is 0.234 e. The van der Waals surface area contributed by atoms with Crippen LogP contribution in [-0.2, 0) is 4.79 Å². The molecule has 7 heteroatoms. The van der Waals surface area contributed by atoms with Crippen LogP contribution < -0.4 is 10.1 Å². The molecule has 0 aliphatic rings. The van der Waals surface area contributed by atoms with Crippen molar-refractivity contribution < 1.29 is 9.53 Å². The highest BCUT2D eigenvalue weighted by Gasteiger charge is 2.06. The summed E-state index contributed by atoms with van der Waals surface area (Å²) in [7, 11) is 0. The van der Waals surface area contributed by atoms with Crippen LogP contribution in [0.5, 0.6) is 5.75 Å². The summed E-state index contributed by atoms with van der Waals surface area (Å²) in [5, 5.41) is 12.0. The minimum Gasteiger partial charge on any atom is -0.494 e. The summed E-state index contributed by atoms with van der Waals surface area (Å²) < 4.78 is 6.40. The van der Waals surface area contributed by atoms with Gasteiger partial charge < -0.3 is 10.1 Å². The van der Waals surface area contributed by atoms with Gasteiger partial charge in [-0.05, 0) is 55.5 Å². The number of thioether (sulfide) groups is 1. The number of amides is 1. The van der Waals surface area contributed by atoms with Gasteiger partial charge in [-0.15, -0.1) is 10.2 Å². The number of aromatic nitrogens is 2. The predicted octanol–water partition coefficient (Wildman–Crippen LogP) is 5.04. The Morgan fingerprint density at radius 2 is 1.78 bits per heavy atom. The zero-order valence-corrected chi connectivity index (χ0v) is 17.1. The maximum atomic E-state index is 12.1. The lowest BCUT2D eigenvalue weighted by molar-refractivity contribution is -0.113. The fourth-order valence-electron chi connectivity index (χ4n) is 2.31. The molecule has 0 fully saturated rings. The van der Waals surface area contributed by atoms with Gasteiger partial charge in [-0.3, -0.25) is 4.79 Å². The Balaban J connectivity index is 1.51. The van der Waals surface area contributed by atoms with Crippen LogP contribution in [-0.4, -0.2) is 28.5 Å². The first-order valence-electron chi connectivity index (χ1n) is 8.39. The van der Waals surface area contributed by atoms with E-state index in [9.17, 15) is 4.79 Å². The van der Waals surface area contributed by atoms with Crippen LogP contribution in [0, 0.1) is 0 Å². The van der Waals surface area contributed by atoms with E-state index in [2.05, 4.69) is 31.4 Å². The highest BCUT2D eigenvalue weighted by atomic mass is 79.9. The number of benzene rings is 2. The Hall–Kier alpha value is -2.38. The SMILES string of the molecule is CCOc1ccc(NC(=O)CSc2ccc(-c3ccc(Br)cc3)nn2)cc1. The van der Waals surface area contributed by atoms with Crippen molar-refractivity contribution in [3.8, 4) is 17.0 Å². The van der Waals surface area contributed by atoms with Gasteiger partial charge in [0.05, 0.1) is 18.1 Å². The van der Waals surface area contributed by atoms with Crippen molar-refractivity contribution in [2.75, 3.05) is 17.7 Å². The van der Waals surface area contributed by atoms with E-state index in [1.165, 1.54) is 11.8 Å². The molecule has 0 saturated carbocycles. The van der Waals surface area contributed by atoms with E-state index in [0.717, 1.165) is 27.2 Å². The van der Waals surface area contributed by atoms with Crippen molar-refractivity contribution in [2.45, 2.75) is 11.9 Å². The third kappa shape index (κ3) is 5.80. The number of carbonyl (C=O) groups excluding carboxylic acids is 1. The van der Waals surface area contributed by atoms with E-state index in [1.54, 1.807) is 0 Å². The molecule has 0 aliphatic heterocycles. The average Bonchev–Trinajstić information content (AvgIpc) is 2.69. The first kappa shape index (κ1) is 19.4. The van der Waals surface area contributed by atoms with Gasteiger partial charge in [0, 0.05) is 15.7 Å². The number of anilines is 1. The normalized spacial score (nSPS) is 10.4. The minimum absolute atomic E-state index is 0.0945. The van der Waals surface area contributed by atoms with Crippen molar-refractivity contribution in [1.29, 1.82) is 0 Å². The van der Waals surface area contributed by atoms with Gasteiger partial charge in [-0.25, -0.2) is 0 Å². The maximum absolute atomic E-state index is 12.1. The number of nitrogens with one attached hydrogen (secondary N) is 1. The van der Waals surface area contributed by atoms with Crippen LogP contribution in [0.4, 0.5) is 5.69 Å². The van der Waals surface area contributed by atoms with Gasteiger partial charge >= 0.3 is 0 Å². The number of rotatable bonds is 7. The predicted molar refractivity (Wildman–Crippen MR) is 112 cm³/mol. The molecule has 0 aliphatic carbocycles. The summed E-state index contributed by atoms with van der Waals surface area (Å²) in [4.78, 5) is 12.1. The molecule has 5 nitrogen and oxygen atoms in total. The monoisotopic (exact) mass is 443 g/mol. The van der Waals surface area contributed by atoms with Crippen LogP contribution in [0.2, 0.25) is 0 Å². The summed E-state index contributed by atoms with van der Waals surface area (Å²) in [5.74, 6) is 0.952. The van der Waals surface area contributed by atoms with Gasteiger partial charge in [0.25, 0.3) is 0 Å². The Kier molecular flexibility index (Phi) is 6.84. The van der Waals surface area contributed by atoms with Crippen molar-refractivity contribution in [3.63, 3.8) is 0 Å². The summed E-state index contributed by atoms with van der Waals surface area (Å²) in [6, 6.07) is 19.0. The molecule has 3 rings (SSSR count). The number of halogens is 1. The third-order valence-electron chi connectivity index (χ3n) is 3.58. The molecule has 0 unspecified atom stereocenters. The van der Waals surface area contributed by atoms with E-state index >= 15 is 0 Å². The second kappa shape index (κ2) is 9.53. The van der Waals surface area contributed by atoms with E-state index < -0.39 is 0 Å². The standard InChI is InChI=1S/C20H18BrN3O2S/c1-2-26-17-9-7-16(8-10-17)22-19(25)13-27-20-12-11-18(23-24-20)14-3-5-15(21)6-4-14/h3-12H,2,13H2,1H3,(H,22,25). The molecule has 3 aromatic rings. The zero-order valence-electron chi connectivity index (χ0n) is 14.7. The molecule has 1 aromatic heterocycles. The molecule has 0 atom stereocenters. The number of hydrogen-bond donors (Lipinski definition) is 1. The molecule has 138 valence electrons. The molecule has 1 N–H and O–H groups in total. The summed E-state index contributed by atoms with van der Waals surface area (Å²) in [6.07, 6.45) is 0. The first-order chi connectivity index (χ1) is 13.1. The molecule has 1 amide bonds. The van der Waals surface area contributed by atoms with E-state index in [0.29, 0.717) is 11.6 Å². The zero-order chi connectivity index (χ0) is 19.1. The number of nitrogens with zero attached hydrogens (tertiary/aromatic N) is 2. The fraction of sp³-hybridized carbons (Fsp3) is 0.150. The van der Waals surface area contributed by atoms with Crippen LogP contribution >= 0.6 is 27.7 Å². The second-order valence-corrected chi connectivity index (χ2v) is 7.47.